The van der Waals surface area contributed by atoms with Crippen molar-refractivity contribution in [2.75, 3.05) is 12.4 Å². The number of methoxy groups -OCH3 is 1. The fourth-order valence-electron chi connectivity index (χ4n) is 2.86. The third-order valence-electron chi connectivity index (χ3n) is 4.06. The Morgan fingerprint density at radius 1 is 1.08 bits per heavy atom. The number of phenols is 1. The molecule has 2 aromatic heterocycles. The predicted octanol–water partition coefficient (Wildman–Crippen LogP) is 4.02. The van der Waals surface area contributed by atoms with E-state index >= 15 is 0 Å². The molecule has 26 heavy (non-hydrogen) atoms. The molecule has 6 heteroatoms. The largest absolute Gasteiger partial charge is 0.508 e. The Labute approximate surface area is 149 Å². The van der Waals surface area contributed by atoms with Crippen molar-refractivity contribution in [2.45, 2.75) is 0 Å². The Hall–Kier alpha value is -3.67. The van der Waals surface area contributed by atoms with Gasteiger partial charge >= 0.3 is 5.97 Å². The summed E-state index contributed by atoms with van der Waals surface area (Å²) in [5.74, 6) is 0.229. The van der Waals surface area contributed by atoms with Gasteiger partial charge in [0, 0.05) is 28.7 Å². The minimum atomic E-state index is -0.462. The van der Waals surface area contributed by atoms with Gasteiger partial charge in [-0.15, -0.1) is 0 Å². The number of pyridine rings is 2. The SMILES string of the molecule is COC(=O)c1cnc2c(c1)c(Nc1cccc(O)c1)nc1ccccc12. The number of nitrogens with one attached hydrogen (secondary N) is 1. The van der Waals surface area contributed by atoms with E-state index in [4.69, 9.17) is 4.74 Å². The van der Waals surface area contributed by atoms with E-state index in [0.717, 1.165) is 16.4 Å². The lowest BCUT2D eigenvalue weighted by Gasteiger charge is -2.12. The van der Waals surface area contributed by atoms with Gasteiger partial charge in [-0.3, -0.25) is 4.98 Å². The van der Waals surface area contributed by atoms with E-state index in [9.17, 15) is 9.90 Å². The van der Waals surface area contributed by atoms with Crippen molar-refractivity contribution in [3.63, 3.8) is 0 Å². The number of rotatable bonds is 3. The van der Waals surface area contributed by atoms with Gasteiger partial charge in [-0.2, -0.15) is 0 Å². The van der Waals surface area contributed by atoms with Crippen LogP contribution in [0.4, 0.5) is 11.5 Å². The molecule has 128 valence electrons. The van der Waals surface area contributed by atoms with Crippen molar-refractivity contribution in [3.8, 4) is 5.75 Å². The predicted molar refractivity (Wildman–Crippen MR) is 99.8 cm³/mol. The van der Waals surface area contributed by atoms with Crippen molar-refractivity contribution in [2.24, 2.45) is 0 Å². The third-order valence-corrected chi connectivity index (χ3v) is 4.06. The van der Waals surface area contributed by atoms with Crippen LogP contribution in [0.15, 0.2) is 60.8 Å². The molecule has 0 fully saturated rings. The van der Waals surface area contributed by atoms with E-state index in [2.05, 4.69) is 15.3 Å². The van der Waals surface area contributed by atoms with E-state index < -0.39 is 5.97 Å². The number of para-hydroxylation sites is 1. The monoisotopic (exact) mass is 345 g/mol. The number of nitrogens with zero attached hydrogens (tertiary/aromatic N) is 2. The van der Waals surface area contributed by atoms with Gasteiger partial charge in [0.05, 0.1) is 23.7 Å². The molecule has 0 unspecified atom stereocenters. The second-order valence-corrected chi connectivity index (χ2v) is 5.76. The van der Waals surface area contributed by atoms with Gasteiger partial charge in [0.15, 0.2) is 0 Å². The maximum atomic E-state index is 11.9. The number of esters is 1. The smallest absolute Gasteiger partial charge is 0.339 e. The van der Waals surface area contributed by atoms with E-state index in [-0.39, 0.29) is 5.75 Å². The zero-order valence-corrected chi connectivity index (χ0v) is 13.9. The lowest BCUT2D eigenvalue weighted by Crippen LogP contribution is -2.03. The molecule has 0 aliphatic rings. The first-order valence-electron chi connectivity index (χ1n) is 7.98. The number of aromatic nitrogens is 2. The topological polar surface area (TPSA) is 84.3 Å². The molecule has 0 saturated heterocycles. The number of hydrogen-bond donors (Lipinski definition) is 2. The van der Waals surface area contributed by atoms with Crippen LogP contribution in [0.3, 0.4) is 0 Å². The quantitative estimate of drug-likeness (QED) is 0.431. The first-order chi connectivity index (χ1) is 12.7. The minimum absolute atomic E-state index is 0.147. The highest BCUT2D eigenvalue weighted by Crippen LogP contribution is 2.31. The number of carbonyl (C=O) groups is 1. The number of fused-ring (bicyclic) bond motifs is 3. The highest BCUT2D eigenvalue weighted by Gasteiger charge is 2.14. The lowest BCUT2D eigenvalue weighted by atomic mass is 10.1. The van der Waals surface area contributed by atoms with Gasteiger partial charge in [-0.1, -0.05) is 24.3 Å². The first-order valence-corrected chi connectivity index (χ1v) is 7.98. The standard InChI is InChI=1S/C20H15N3O3/c1-26-20(25)12-9-16-18(21-11-12)15-7-2-3-8-17(15)23-19(16)22-13-5-4-6-14(24)10-13/h2-11,24H,1H3,(H,22,23). The molecular formula is C20H15N3O3. The second kappa shape index (κ2) is 6.33. The van der Waals surface area contributed by atoms with Crippen molar-refractivity contribution < 1.29 is 14.6 Å². The lowest BCUT2D eigenvalue weighted by molar-refractivity contribution is 0.0600. The fourth-order valence-corrected chi connectivity index (χ4v) is 2.86. The van der Waals surface area contributed by atoms with Crippen LogP contribution in [0.2, 0.25) is 0 Å². The number of anilines is 2. The van der Waals surface area contributed by atoms with E-state index in [1.165, 1.54) is 13.3 Å². The Kier molecular flexibility index (Phi) is 3.85. The Morgan fingerprint density at radius 3 is 2.73 bits per heavy atom. The number of ether oxygens (including phenoxy) is 1. The van der Waals surface area contributed by atoms with Gasteiger partial charge in [0.25, 0.3) is 0 Å². The van der Waals surface area contributed by atoms with Crippen LogP contribution in [-0.2, 0) is 4.74 Å². The molecule has 0 spiro atoms. The number of phenolic OH excluding ortho intramolecular Hbond substituents is 1. The molecule has 6 nitrogen and oxygen atoms in total. The van der Waals surface area contributed by atoms with Crippen LogP contribution in [0.1, 0.15) is 10.4 Å². The average Bonchev–Trinajstić information content (AvgIpc) is 2.67. The Bertz CT molecular complexity index is 1140. The summed E-state index contributed by atoms with van der Waals surface area (Å²) in [5, 5.41) is 14.5. The third kappa shape index (κ3) is 2.77. The molecular weight excluding hydrogens is 330 g/mol. The Morgan fingerprint density at radius 2 is 1.92 bits per heavy atom. The zero-order valence-electron chi connectivity index (χ0n) is 13.9. The second-order valence-electron chi connectivity index (χ2n) is 5.76. The summed E-state index contributed by atoms with van der Waals surface area (Å²) >= 11 is 0. The van der Waals surface area contributed by atoms with Crippen LogP contribution >= 0.6 is 0 Å². The summed E-state index contributed by atoms with van der Waals surface area (Å²) in [6.45, 7) is 0. The summed E-state index contributed by atoms with van der Waals surface area (Å²) in [6, 6.07) is 16.1. The summed E-state index contributed by atoms with van der Waals surface area (Å²) in [7, 11) is 1.33. The van der Waals surface area contributed by atoms with Crippen LogP contribution in [0.25, 0.3) is 21.8 Å². The molecule has 2 heterocycles. The molecule has 0 atom stereocenters. The van der Waals surface area contributed by atoms with Gasteiger partial charge in [-0.05, 0) is 24.3 Å². The van der Waals surface area contributed by atoms with Crippen molar-refractivity contribution in [1.29, 1.82) is 0 Å². The summed E-state index contributed by atoms with van der Waals surface area (Å²) in [4.78, 5) is 21.0. The van der Waals surface area contributed by atoms with Gasteiger partial charge < -0.3 is 15.2 Å². The highest BCUT2D eigenvalue weighted by molar-refractivity contribution is 6.09. The van der Waals surface area contributed by atoms with Crippen LogP contribution < -0.4 is 5.32 Å². The number of aromatic hydroxyl groups is 1. The maximum Gasteiger partial charge on any atom is 0.339 e. The molecule has 4 rings (SSSR count). The molecule has 0 bridgehead atoms. The van der Waals surface area contributed by atoms with Gasteiger partial charge in [0.2, 0.25) is 0 Å². The van der Waals surface area contributed by atoms with E-state index in [0.29, 0.717) is 22.5 Å². The van der Waals surface area contributed by atoms with Crippen LogP contribution in [-0.4, -0.2) is 28.2 Å². The van der Waals surface area contributed by atoms with Crippen molar-refractivity contribution >= 4 is 39.3 Å². The van der Waals surface area contributed by atoms with Crippen molar-refractivity contribution in [3.05, 3.63) is 66.4 Å². The number of benzene rings is 2. The van der Waals surface area contributed by atoms with Gasteiger partial charge in [0.1, 0.15) is 11.6 Å². The van der Waals surface area contributed by atoms with Crippen LogP contribution in [0.5, 0.6) is 5.75 Å². The number of carbonyl (C=O) groups excluding carboxylic acids is 1. The van der Waals surface area contributed by atoms with E-state index in [1.54, 1.807) is 24.3 Å². The molecule has 2 N–H and O–H groups in total. The zero-order chi connectivity index (χ0) is 18.1. The first kappa shape index (κ1) is 15.8. The molecule has 0 aliphatic carbocycles. The maximum absolute atomic E-state index is 11.9. The number of hydrogen-bond acceptors (Lipinski definition) is 6. The summed E-state index contributed by atoms with van der Waals surface area (Å²) < 4.78 is 4.79. The highest BCUT2D eigenvalue weighted by atomic mass is 16.5. The minimum Gasteiger partial charge on any atom is -0.508 e. The molecule has 4 aromatic rings. The van der Waals surface area contributed by atoms with Crippen molar-refractivity contribution in [1.82, 2.24) is 9.97 Å². The van der Waals surface area contributed by atoms with Crippen LogP contribution in [0, 0.1) is 0 Å². The normalized spacial score (nSPS) is 10.8. The molecule has 0 saturated carbocycles. The molecule has 2 aromatic carbocycles. The Balaban J connectivity index is 1.96. The summed E-state index contributed by atoms with van der Waals surface area (Å²) in [6.07, 6.45) is 1.50. The van der Waals surface area contributed by atoms with E-state index in [1.807, 2.05) is 30.3 Å². The molecule has 0 amide bonds. The van der Waals surface area contributed by atoms with Gasteiger partial charge in [-0.25, -0.2) is 9.78 Å². The molecule has 0 aliphatic heterocycles. The molecule has 0 radical (unpaired) electrons. The average molecular weight is 345 g/mol. The summed E-state index contributed by atoms with van der Waals surface area (Å²) in [5.41, 5.74) is 2.53. The fraction of sp³-hybridized carbons (Fsp3) is 0.0500.